The molecule has 0 spiro atoms. The number of hydrogen-bond donors (Lipinski definition) is 2. The van der Waals surface area contributed by atoms with E-state index in [1.807, 2.05) is 6.07 Å². The molecule has 2 atom stereocenters. The number of aromatic nitrogens is 1. The quantitative estimate of drug-likeness (QED) is 0.831. The van der Waals surface area contributed by atoms with Crippen LogP contribution in [0.4, 0.5) is 0 Å². The number of hydrogen-bond acceptors (Lipinski definition) is 1. The van der Waals surface area contributed by atoms with Crippen LogP contribution in [0, 0.1) is 11.8 Å². The highest BCUT2D eigenvalue weighted by atomic mass is 16.1. The van der Waals surface area contributed by atoms with Gasteiger partial charge in [0.15, 0.2) is 0 Å². The van der Waals surface area contributed by atoms with Crippen LogP contribution in [0.15, 0.2) is 30.5 Å². The summed E-state index contributed by atoms with van der Waals surface area (Å²) < 4.78 is 0. The summed E-state index contributed by atoms with van der Waals surface area (Å²) in [6.45, 7) is 3.11. The number of benzene rings is 1. The van der Waals surface area contributed by atoms with Gasteiger partial charge in [0.1, 0.15) is 0 Å². The highest BCUT2D eigenvalue weighted by Gasteiger charge is 2.32. The van der Waals surface area contributed by atoms with Crippen molar-refractivity contribution in [1.82, 2.24) is 10.3 Å². The first kappa shape index (κ1) is 13.2. The lowest BCUT2D eigenvalue weighted by atomic mass is 10.1. The van der Waals surface area contributed by atoms with E-state index in [0.717, 1.165) is 31.2 Å². The van der Waals surface area contributed by atoms with Gasteiger partial charge < -0.3 is 10.3 Å². The van der Waals surface area contributed by atoms with Crippen molar-refractivity contribution in [3.05, 3.63) is 36.0 Å². The fourth-order valence-electron chi connectivity index (χ4n) is 2.79. The maximum Gasteiger partial charge on any atom is 0.220 e. The van der Waals surface area contributed by atoms with E-state index in [2.05, 4.69) is 41.6 Å². The summed E-state index contributed by atoms with van der Waals surface area (Å²) in [5.41, 5.74) is 2.49. The third kappa shape index (κ3) is 3.03. The largest absolute Gasteiger partial charge is 0.361 e. The van der Waals surface area contributed by atoms with Crippen molar-refractivity contribution in [3.8, 4) is 0 Å². The lowest BCUT2D eigenvalue weighted by Gasteiger charge is -2.04. The zero-order valence-electron chi connectivity index (χ0n) is 12.0. The molecular formula is C17H22N2O. The van der Waals surface area contributed by atoms with Gasteiger partial charge in [-0.15, -0.1) is 0 Å². The first-order valence-electron chi connectivity index (χ1n) is 7.55. The van der Waals surface area contributed by atoms with Gasteiger partial charge in [-0.05, 0) is 42.7 Å². The second-order valence-corrected chi connectivity index (χ2v) is 5.99. The minimum Gasteiger partial charge on any atom is -0.361 e. The molecule has 3 nitrogen and oxygen atoms in total. The van der Waals surface area contributed by atoms with Crippen molar-refractivity contribution in [3.63, 3.8) is 0 Å². The van der Waals surface area contributed by atoms with E-state index in [1.54, 1.807) is 0 Å². The summed E-state index contributed by atoms with van der Waals surface area (Å²) >= 11 is 0. The summed E-state index contributed by atoms with van der Waals surface area (Å²) in [4.78, 5) is 15.0. The molecule has 0 radical (unpaired) electrons. The molecule has 1 fully saturated rings. The molecule has 0 saturated heterocycles. The predicted molar refractivity (Wildman–Crippen MR) is 81.5 cm³/mol. The van der Waals surface area contributed by atoms with Gasteiger partial charge in [0.25, 0.3) is 0 Å². The van der Waals surface area contributed by atoms with Crippen molar-refractivity contribution in [1.29, 1.82) is 0 Å². The predicted octanol–water partition coefficient (Wildman–Crippen LogP) is 3.26. The first-order valence-corrected chi connectivity index (χ1v) is 7.55. The summed E-state index contributed by atoms with van der Waals surface area (Å²) in [6.07, 6.45) is 5.83. The molecule has 2 unspecified atom stereocenters. The van der Waals surface area contributed by atoms with Crippen molar-refractivity contribution in [2.75, 3.05) is 6.54 Å². The van der Waals surface area contributed by atoms with Crippen LogP contribution in [-0.4, -0.2) is 17.4 Å². The van der Waals surface area contributed by atoms with E-state index in [1.165, 1.54) is 22.9 Å². The average Bonchev–Trinajstić information content (AvgIpc) is 3.01. The molecule has 1 amide bonds. The number of rotatable bonds is 6. The molecule has 2 N–H and O–H groups in total. The second kappa shape index (κ2) is 5.70. The van der Waals surface area contributed by atoms with E-state index in [4.69, 9.17) is 0 Å². The van der Waals surface area contributed by atoms with Crippen molar-refractivity contribution in [2.45, 2.75) is 32.6 Å². The third-order valence-corrected chi connectivity index (χ3v) is 4.36. The first-order chi connectivity index (χ1) is 9.74. The molecule has 106 valence electrons. The van der Waals surface area contributed by atoms with Gasteiger partial charge in [-0.1, -0.05) is 25.1 Å². The standard InChI is InChI=1S/C17H22N2O/c1-12-9-14(12)11-19-17(20)8-4-5-13-10-18-16-7-3-2-6-15(13)16/h2-3,6-7,10,12,14,18H,4-5,8-9,11H2,1H3,(H,19,20). The number of nitrogens with one attached hydrogen (secondary N) is 2. The normalized spacial score (nSPS) is 21.1. The van der Waals surface area contributed by atoms with Gasteiger partial charge in [0, 0.05) is 30.1 Å². The van der Waals surface area contributed by atoms with Gasteiger partial charge in [-0.3, -0.25) is 4.79 Å². The van der Waals surface area contributed by atoms with Crippen LogP contribution in [0.2, 0.25) is 0 Å². The highest BCUT2D eigenvalue weighted by molar-refractivity contribution is 5.83. The van der Waals surface area contributed by atoms with Gasteiger partial charge >= 0.3 is 0 Å². The van der Waals surface area contributed by atoms with Gasteiger partial charge in [0.05, 0.1) is 0 Å². The maximum absolute atomic E-state index is 11.8. The second-order valence-electron chi connectivity index (χ2n) is 5.99. The molecule has 1 aromatic carbocycles. The van der Waals surface area contributed by atoms with Crippen LogP contribution < -0.4 is 5.32 Å². The fraction of sp³-hybridized carbons (Fsp3) is 0.471. The fourth-order valence-corrected chi connectivity index (χ4v) is 2.79. The number of amides is 1. The van der Waals surface area contributed by atoms with E-state index in [0.29, 0.717) is 6.42 Å². The maximum atomic E-state index is 11.8. The monoisotopic (exact) mass is 270 g/mol. The number of aryl methyl sites for hydroxylation is 1. The Bertz CT molecular complexity index is 602. The number of para-hydroxylation sites is 1. The SMILES string of the molecule is CC1CC1CNC(=O)CCCc1c[nH]c2ccccc12. The van der Waals surface area contributed by atoms with Crippen LogP contribution in [0.3, 0.4) is 0 Å². The number of fused-ring (bicyclic) bond motifs is 1. The van der Waals surface area contributed by atoms with Crippen molar-refractivity contribution >= 4 is 16.8 Å². The molecule has 2 aromatic rings. The number of carbonyl (C=O) groups is 1. The van der Waals surface area contributed by atoms with Crippen LogP contribution >= 0.6 is 0 Å². The Morgan fingerprint density at radius 3 is 3.00 bits per heavy atom. The third-order valence-electron chi connectivity index (χ3n) is 4.36. The van der Waals surface area contributed by atoms with Crippen LogP contribution in [0.5, 0.6) is 0 Å². The number of aromatic amines is 1. The molecule has 1 saturated carbocycles. The van der Waals surface area contributed by atoms with E-state index in [-0.39, 0.29) is 5.91 Å². The Balaban J connectivity index is 1.44. The minimum absolute atomic E-state index is 0.198. The molecular weight excluding hydrogens is 248 g/mol. The molecule has 1 aliphatic carbocycles. The molecule has 0 bridgehead atoms. The van der Waals surface area contributed by atoms with Crippen LogP contribution in [0.1, 0.15) is 31.7 Å². The Morgan fingerprint density at radius 2 is 2.20 bits per heavy atom. The number of H-pyrrole nitrogens is 1. The smallest absolute Gasteiger partial charge is 0.220 e. The lowest BCUT2D eigenvalue weighted by Crippen LogP contribution is -2.25. The molecule has 3 rings (SSSR count). The average molecular weight is 270 g/mol. The number of carbonyl (C=O) groups excluding carboxylic acids is 1. The zero-order chi connectivity index (χ0) is 13.9. The van der Waals surface area contributed by atoms with Gasteiger partial charge in [0.2, 0.25) is 5.91 Å². The molecule has 1 aliphatic rings. The minimum atomic E-state index is 0.198. The molecule has 1 heterocycles. The highest BCUT2D eigenvalue weighted by Crippen LogP contribution is 2.36. The summed E-state index contributed by atoms with van der Waals surface area (Å²) in [6, 6.07) is 8.32. The molecule has 0 aliphatic heterocycles. The van der Waals surface area contributed by atoms with Gasteiger partial charge in [-0.2, -0.15) is 0 Å². The topological polar surface area (TPSA) is 44.9 Å². The van der Waals surface area contributed by atoms with E-state index >= 15 is 0 Å². The summed E-state index contributed by atoms with van der Waals surface area (Å²) in [7, 11) is 0. The van der Waals surface area contributed by atoms with Crippen molar-refractivity contribution < 1.29 is 4.79 Å². The summed E-state index contributed by atoms with van der Waals surface area (Å²) in [5.74, 6) is 1.73. The van der Waals surface area contributed by atoms with E-state index < -0.39 is 0 Å². The molecule has 20 heavy (non-hydrogen) atoms. The van der Waals surface area contributed by atoms with Crippen LogP contribution in [-0.2, 0) is 11.2 Å². The Morgan fingerprint density at radius 1 is 1.40 bits per heavy atom. The molecule has 3 heteroatoms. The molecule has 1 aromatic heterocycles. The zero-order valence-corrected chi connectivity index (χ0v) is 12.0. The van der Waals surface area contributed by atoms with Crippen molar-refractivity contribution in [2.24, 2.45) is 11.8 Å². The Hall–Kier alpha value is -1.77. The summed E-state index contributed by atoms with van der Waals surface area (Å²) in [5, 5.41) is 4.32. The Labute approximate surface area is 119 Å². The Kier molecular flexibility index (Phi) is 3.77. The lowest BCUT2D eigenvalue weighted by molar-refractivity contribution is -0.121. The van der Waals surface area contributed by atoms with Gasteiger partial charge in [-0.25, -0.2) is 0 Å². The van der Waals surface area contributed by atoms with E-state index in [9.17, 15) is 4.79 Å². The van der Waals surface area contributed by atoms with Crippen LogP contribution in [0.25, 0.3) is 10.9 Å².